The average molecular weight is 537 g/mol. The number of halogens is 2. The first-order valence-electron chi connectivity index (χ1n) is 8.81. The molecule has 0 aromatic heterocycles. The topological polar surface area (TPSA) is 46.5 Å². The van der Waals surface area contributed by atoms with E-state index in [0.717, 1.165) is 35.9 Å². The monoisotopic (exact) mass is 536 g/mol. The molecule has 0 unspecified atom stereocenters. The third kappa shape index (κ3) is 6.52. The van der Waals surface area contributed by atoms with Gasteiger partial charge < -0.3 is 9.84 Å². The number of aliphatic carboxylic acids is 1. The van der Waals surface area contributed by atoms with Crippen molar-refractivity contribution >= 4 is 57.5 Å². The van der Waals surface area contributed by atoms with E-state index in [-0.39, 0.29) is 6.61 Å². The first-order valence-corrected chi connectivity index (χ1v) is 11.3. The summed E-state index contributed by atoms with van der Waals surface area (Å²) in [6.45, 7) is -0.341. The van der Waals surface area contributed by atoms with Gasteiger partial charge in [0.2, 0.25) is 0 Å². The Labute approximate surface area is 192 Å². The van der Waals surface area contributed by atoms with Crippen LogP contribution in [0, 0.1) is 3.57 Å². The van der Waals surface area contributed by atoms with E-state index in [1.54, 1.807) is 11.8 Å². The average Bonchev–Trinajstić information content (AvgIpc) is 2.72. The Morgan fingerprint density at radius 1 is 1.03 bits per heavy atom. The van der Waals surface area contributed by atoms with Crippen LogP contribution in [0.2, 0.25) is 5.02 Å². The van der Waals surface area contributed by atoms with Crippen LogP contribution < -0.4 is 4.74 Å². The third-order valence-corrected chi connectivity index (χ3v) is 6.05. The van der Waals surface area contributed by atoms with Crippen molar-refractivity contribution in [1.82, 2.24) is 0 Å². The van der Waals surface area contributed by atoms with E-state index in [9.17, 15) is 4.79 Å². The van der Waals surface area contributed by atoms with E-state index < -0.39 is 5.97 Å². The largest absolute Gasteiger partial charge is 0.481 e. The number of carbonyl (C=O) groups is 1. The predicted octanol–water partition coefficient (Wildman–Crippen LogP) is 6.63. The van der Waals surface area contributed by atoms with Gasteiger partial charge in [-0.25, -0.2) is 4.79 Å². The number of ether oxygens (including phenoxy) is 1. The lowest BCUT2D eigenvalue weighted by Crippen LogP contribution is -2.10. The molecule has 0 aliphatic rings. The summed E-state index contributed by atoms with van der Waals surface area (Å²) in [4.78, 5) is 11.8. The highest BCUT2D eigenvalue weighted by atomic mass is 127. The maximum atomic E-state index is 10.7. The fourth-order valence-electron chi connectivity index (χ4n) is 2.70. The molecule has 3 nitrogen and oxygen atoms in total. The van der Waals surface area contributed by atoms with E-state index >= 15 is 0 Å². The number of hydrogen-bond acceptors (Lipinski definition) is 3. The van der Waals surface area contributed by atoms with Crippen LogP contribution in [0.5, 0.6) is 5.75 Å². The highest BCUT2D eigenvalue weighted by molar-refractivity contribution is 14.1. The van der Waals surface area contributed by atoms with Gasteiger partial charge >= 0.3 is 5.97 Å². The second-order valence-electron chi connectivity index (χ2n) is 6.08. The fraction of sp³-hybridized carbons (Fsp3) is 0.0870. The van der Waals surface area contributed by atoms with Crippen LogP contribution in [-0.2, 0) is 4.79 Å². The Hall–Kier alpha value is -1.96. The molecule has 0 amide bonds. The summed E-state index contributed by atoms with van der Waals surface area (Å²) in [6.07, 6.45) is 2.21. The van der Waals surface area contributed by atoms with E-state index in [1.807, 2.05) is 60.7 Å². The second-order valence-corrected chi connectivity index (χ2v) is 8.77. The minimum atomic E-state index is -0.986. The number of thioether (sulfide) groups is 1. The van der Waals surface area contributed by atoms with Crippen molar-refractivity contribution in [2.45, 2.75) is 4.90 Å². The van der Waals surface area contributed by atoms with Crippen molar-refractivity contribution in [1.29, 1.82) is 0 Å². The number of hydrogen-bond donors (Lipinski definition) is 1. The fourth-order valence-corrected chi connectivity index (χ4v) is 4.51. The number of benzene rings is 3. The zero-order chi connectivity index (χ0) is 20.6. The summed E-state index contributed by atoms with van der Waals surface area (Å²) < 4.78 is 6.17. The van der Waals surface area contributed by atoms with Gasteiger partial charge in [0.05, 0.1) is 3.57 Å². The molecule has 0 saturated carbocycles. The quantitative estimate of drug-likeness (QED) is 0.259. The smallest absolute Gasteiger partial charge is 0.341 e. The van der Waals surface area contributed by atoms with Crippen LogP contribution >= 0.6 is 46.0 Å². The molecule has 6 heteroatoms. The molecular weight excluding hydrogens is 519 g/mol. The Kier molecular flexibility index (Phi) is 8.03. The summed E-state index contributed by atoms with van der Waals surface area (Å²) in [5.41, 5.74) is 3.43. The number of carboxylic acids is 1. The molecule has 29 heavy (non-hydrogen) atoms. The van der Waals surface area contributed by atoms with Crippen molar-refractivity contribution < 1.29 is 14.6 Å². The SMILES string of the molecule is O=C(O)COc1ccc(SCC=C(c2ccccc2)c2ccc(Cl)cc2)cc1I. The van der Waals surface area contributed by atoms with Gasteiger partial charge in [-0.1, -0.05) is 60.1 Å². The highest BCUT2D eigenvalue weighted by Crippen LogP contribution is 2.30. The molecule has 0 aliphatic carbocycles. The van der Waals surface area contributed by atoms with Gasteiger partial charge in [-0.05, 0) is 69.6 Å². The molecule has 0 fully saturated rings. The summed E-state index contributed by atoms with van der Waals surface area (Å²) in [7, 11) is 0. The minimum Gasteiger partial charge on any atom is -0.481 e. The molecule has 0 aliphatic heterocycles. The maximum absolute atomic E-state index is 10.7. The molecule has 0 radical (unpaired) electrons. The van der Waals surface area contributed by atoms with Gasteiger partial charge in [0, 0.05) is 15.7 Å². The van der Waals surface area contributed by atoms with Gasteiger partial charge in [0.15, 0.2) is 6.61 Å². The Bertz CT molecular complexity index is 1000. The molecule has 1 N–H and O–H groups in total. The molecule has 148 valence electrons. The summed E-state index contributed by atoms with van der Waals surface area (Å²) in [6, 6.07) is 23.9. The van der Waals surface area contributed by atoms with Crippen molar-refractivity contribution in [2.24, 2.45) is 0 Å². The molecule has 3 aromatic rings. The van der Waals surface area contributed by atoms with Gasteiger partial charge in [0.1, 0.15) is 5.75 Å². The van der Waals surface area contributed by atoms with E-state index in [2.05, 4.69) is 40.8 Å². The maximum Gasteiger partial charge on any atom is 0.341 e. The second kappa shape index (κ2) is 10.7. The van der Waals surface area contributed by atoms with Crippen LogP contribution in [0.3, 0.4) is 0 Å². The third-order valence-electron chi connectivity index (χ3n) is 4.03. The molecule has 3 rings (SSSR count). The molecular formula is C23H18ClIO3S. The lowest BCUT2D eigenvalue weighted by atomic mass is 9.98. The predicted molar refractivity (Wildman–Crippen MR) is 128 cm³/mol. The molecule has 3 aromatic carbocycles. The summed E-state index contributed by atoms with van der Waals surface area (Å²) in [5.74, 6) is 0.386. The van der Waals surface area contributed by atoms with E-state index in [4.69, 9.17) is 21.4 Å². The highest BCUT2D eigenvalue weighted by Gasteiger charge is 2.07. The van der Waals surface area contributed by atoms with Gasteiger partial charge in [-0.15, -0.1) is 11.8 Å². The lowest BCUT2D eigenvalue weighted by Gasteiger charge is -2.10. The van der Waals surface area contributed by atoms with Crippen molar-refractivity contribution in [3.05, 3.63) is 98.6 Å². The molecule has 0 atom stereocenters. The Morgan fingerprint density at radius 3 is 2.38 bits per heavy atom. The Morgan fingerprint density at radius 2 is 1.72 bits per heavy atom. The van der Waals surface area contributed by atoms with Crippen LogP contribution in [0.4, 0.5) is 0 Å². The van der Waals surface area contributed by atoms with Crippen LogP contribution in [0.25, 0.3) is 5.57 Å². The van der Waals surface area contributed by atoms with Crippen molar-refractivity contribution in [3.63, 3.8) is 0 Å². The summed E-state index contributed by atoms with van der Waals surface area (Å²) >= 11 is 9.92. The Balaban J connectivity index is 1.75. The van der Waals surface area contributed by atoms with Gasteiger partial charge in [-0.3, -0.25) is 0 Å². The molecule has 0 spiro atoms. The lowest BCUT2D eigenvalue weighted by molar-refractivity contribution is -0.139. The van der Waals surface area contributed by atoms with Crippen molar-refractivity contribution in [2.75, 3.05) is 12.4 Å². The van der Waals surface area contributed by atoms with Crippen LogP contribution in [-0.4, -0.2) is 23.4 Å². The summed E-state index contributed by atoms with van der Waals surface area (Å²) in [5, 5.41) is 9.46. The zero-order valence-corrected chi connectivity index (χ0v) is 19.1. The van der Waals surface area contributed by atoms with Crippen LogP contribution in [0.15, 0.2) is 83.8 Å². The van der Waals surface area contributed by atoms with Crippen LogP contribution in [0.1, 0.15) is 11.1 Å². The first kappa shape index (κ1) is 21.7. The van der Waals surface area contributed by atoms with E-state index in [1.165, 1.54) is 0 Å². The molecule has 0 heterocycles. The number of carboxylic acid groups (broad SMARTS) is 1. The standard InChI is InChI=1S/C23H18ClIO3S/c24-18-8-6-17(7-9-18)20(16-4-2-1-3-5-16)12-13-29-19-10-11-22(21(25)14-19)28-15-23(26)27/h1-12,14H,13,15H2,(H,26,27). The molecule has 0 saturated heterocycles. The number of rotatable bonds is 8. The van der Waals surface area contributed by atoms with Gasteiger partial charge in [-0.2, -0.15) is 0 Å². The molecule has 0 bridgehead atoms. The van der Waals surface area contributed by atoms with Crippen molar-refractivity contribution in [3.8, 4) is 5.75 Å². The van der Waals surface area contributed by atoms with Gasteiger partial charge in [0.25, 0.3) is 0 Å². The minimum absolute atomic E-state index is 0.341. The normalized spacial score (nSPS) is 11.3. The zero-order valence-electron chi connectivity index (χ0n) is 15.3. The van der Waals surface area contributed by atoms with E-state index in [0.29, 0.717) is 5.75 Å². The first-order chi connectivity index (χ1) is 14.0.